The normalized spacial score (nSPS) is 15.8. The molecule has 3 aromatic heterocycles. The van der Waals surface area contributed by atoms with Gasteiger partial charge in [-0.1, -0.05) is 6.92 Å². The number of piperidine rings is 1. The molecule has 1 fully saturated rings. The molecule has 5 rings (SSSR count). The smallest absolute Gasteiger partial charge is 0.157 e. The maximum atomic E-state index is 15.2. The summed E-state index contributed by atoms with van der Waals surface area (Å²) in [6, 6.07) is 7.06. The van der Waals surface area contributed by atoms with E-state index in [0.29, 0.717) is 40.1 Å². The van der Waals surface area contributed by atoms with Crippen molar-refractivity contribution in [3.05, 3.63) is 53.2 Å². The van der Waals surface area contributed by atoms with Crippen molar-refractivity contribution >= 4 is 16.6 Å². The minimum Gasteiger partial charge on any atom is -0.396 e. The van der Waals surface area contributed by atoms with E-state index in [2.05, 4.69) is 32.1 Å². The summed E-state index contributed by atoms with van der Waals surface area (Å²) >= 11 is 0. The number of hydrogen-bond donors (Lipinski definition) is 1. The second-order valence-electron chi connectivity index (χ2n) is 8.55. The number of benzene rings is 1. The molecular formula is C24H27FN6O. The summed E-state index contributed by atoms with van der Waals surface area (Å²) in [6.07, 6.45) is 4.32. The van der Waals surface area contributed by atoms with E-state index < -0.39 is 0 Å². The molecular weight excluding hydrogens is 407 g/mol. The molecule has 1 N–H and O–H groups in total. The van der Waals surface area contributed by atoms with Gasteiger partial charge in [-0.2, -0.15) is 15.3 Å². The van der Waals surface area contributed by atoms with E-state index in [1.54, 1.807) is 4.52 Å². The van der Waals surface area contributed by atoms with Crippen molar-refractivity contribution in [3.63, 3.8) is 0 Å². The molecule has 0 atom stereocenters. The number of aliphatic hydroxyl groups is 1. The molecule has 0 amide bonds. The standard InChI is InChI=1S/C24H27FN6O/c1-3-30-7-4-16(5-8-30)21-13-19-20(25)10-18(12-23(19)28-27-21)22-11-17(6-9-32)24-26-15(2)14-31(24)29-22/h10-14,16,32H,3-9H2,1-2H3. The number of aromatic nitrogens is 5. The summed E-state index contributed by atoms with van der Waals surface area (Å²) in [5, 5.41) is 23.4. The Balaban J connectivity index is 1.52. The first-order valence-corrected chi connectivity index (χ1v) is 11.2. The van der Waals surface area contributed by atoms with Gasteiger partial charge in [0.15, 0.2) is 5.65 Å². The van der Waals surface area contributed by atoms with Crippen LogP contribution in [0.5, 0.6) is 0 Å². The predicted molar refractivity (Wildman–Crippen MR) is 121 cm³/mol. The lowest BCUT2D eigenvalue weighted by atomic mass is 9.92. The van der Waals surface area contributed by atoms with Gasteiger partial charge in [0.1, 0.15) is 5.82 Å². The van der Waals surface area contributed by atoms with Gasteiger partial charge in [0.05, 0.1) is 28.8 Å². The Labute approximate surface area is 185 Å². The molecule has 4 heterocycles. The van der Waals surface area contributed by atoms with Gasteiger partial charge in [-0.05, 0) is 70.1 Å². The first-order valence-electron chi connectivity index (χ1n) is 11.2. The molecule has 0 spiro atoms. The van der Waals surface area contributed by atoms with Gasteiger partial charge in [0, 0.05) is 29.0 Å². The van der Waals surface area contributed by atoms with Crippen LogP contribution in [0.3, 0.4) is 0 Å². The molecule has 32 heavy (non-hydrogen) atoms. The molecule has 0 saturated carbocycles. The van der Waals surface area contributed by atoms with Crippen molar-refractivity contribution in [2.75, 3.05) is 26.2 Å². The van der Waals surface area contributed by atoms with Gasteiger partial charge in [0.25, 0.3) is 0 Å². The number of fused-ring (bicyclic) bond motifs is 2. The highest BCUT2D eigenvalue weighted by Crippen LogP contribution is 2.31. The lowest BCUT2D eigenvalue weighted by molar-refractivity contribution is 0.220. The fourth-order valence-corrected chi connectivity index (χ4v) is 4.61. The van der Waals surface area contributed by atoms with Crippen LogP contribution in [0, 0.1) is 12.7 Å². The van der Waals surface area contributed by atoms with Crippen LogP contribution in [0.1, 0.15) is 42.6 Å². The predicted octanol–water partition coefficient (Wildman–Crippen LogP) is 3.52. The number of aryl methyl sites for hydroxylation is 1. The zero-order valence-corrected chi connectivity index (χ0v) is 18.4. The number of rotatable bonds is 5. The Morgan fingerprint density at radius 1 is 1.12 bits per heavy atom. The average Bonchev–Trinajstić information content (AvgIpc) is 3.19. The second-order valence-corrected chi connectivity index (χ2v) is 8.55. The van der Waals surface area contributed by atoms with Gasteiger partial charge in [-0.3, -0.25) is 0 Å². The summed E-state index contributed by atoms with van der Waals surface area (Å²) < 4.78 is 16.9. The van der Waals surface area contributed by atoms with Crippen LogP contribution in [-0.4, -0.2) is 61.0 Å². The zero-order valence-electron chi connectivity index (χ0n) is 18.4. The quantitative estimate of drug-likeness (QED) is 0.518. The molecule has 1 aromatic carbocycles. The first kappa shape index (κ1) is 20.9. The third-order valence-corrected chi connectivity index (χ3v) is 6.43. The van der Waals surface area contributed by atoms with Gasteiger partial charge in [0.2, 0.25) is 0 Å². The topological polar surface area (TPSA) is 79.4 Å². The third-order valence-electron chi connectivity index (χ3n) is 6.43. The molecule has 8 heteroatoms. The lowest BCUT2D eigenvalue weighted by Crippen LogP contribution is -2.32. The maximum Gasteiger partial charge on any atom is 0.157 e. The minimum absolute atomic E-state index is 0.00252. The lowest BCUT2D eigenvalue weighted by Gasteiger charge is -2.30. The van der Waals surface area contributed by atoms with Crippen molar-refractivity contribution in [2.24, 2.45) is 0 Å². The van der Waals surface area contributed by atoms with Gasteiger partial charge in [-0.25, -0.2) is 13.9 Å². The Morgan fingerprint density at radius 2 is 1.94 bits per heavy atom. The number of aliphatic hydroxyl groups excluding tert-OH is 1. The highest BCUT2D eigenvalue weighted by molar-refractivity contribution is 5.84. The van der Waals surface area contributed by atoms with Crippen molar-refractivity contribution < 1.29 is 9.50 Å². The molecule has 0 aliphatic carbocycles. The Hall–Kier alpha value is -2.97. The van der Waals surface area contributed by atoms with Crippen LogP contribution in [0.25, 0.3) is 27.8 Å². The van der Waals surface area contributed by atoms with E-state index in [-0.39, 0.29) is 12.4 Å². The van der Waals surface area contributed by atoms with E-state index >= 15 is 4.39 Å². The largest absolute Gasteiger partial charge is 0.396 e. The molecule has 7 nitrogen and oxygen atoms in total. The SMILES string of the molecule is CCN1CCC(c2cc3c(F)cc(-c4cc(CCO)c5nc(C)cn5n4)cc3nn2)CC1. The van der Waals surface area contributed by atoms with E-state index in [0.717, 1.165) is 49.4 Å². The molecule has 4 aromatic rings. The molecule has 1 saturated heterocycles. The van der Waals surface area contributed by atoms with Crippen molar-refractivity contribution in [1.29, 1.82) is 0 Å². The molecule has 166 valence electrons. The van der Waals surface area contributed by atoms with E-state index in [4.69, 9.17) is 0 Å². The molecule has 1 aliphatic heterocycles. The van der Waals surface area contributed by atoms with E-state index in [1.807, 2.05) is 31.3 Å². The number of nitrogens with zero attached hydrogens (tertiary/aromatic N) is 6. The number of hydrogen-bond acceptors (Lipinski definition) is 6. The Bertz CT molecular complexity index is 1280. The van der Waals surface area contributed by atoms with Gasteiger partial charge in [-0.15, -0.1) is 0 Å². The fraction of sp³-hybridized carbons (Fsp3) is 0.417. The second kappa shape index (κ2) is 8.52. The van der Waals surface area contributed by atoms with Crippen molar-refractivity contribution in [3.8, 4) is 11.3 Å². The number of likely N-dealkylation sites (tertiary alicyclic amines) is 1. The summed E-state index contributed by atoms with van der Waals surface area (Å²) in [7, 11) is 0. The molecule has 1 aliphatic rings. The average molecular weight is 435 g/mol. The molecule has 0 radical (unpaired) electrons. The number of imidazole rings is 1. The first-order chi connectivity index (χ1) is 15.6. The Morgan fingerprint density at radius 3 is 2.69 bits per heavy atom. The van der Waals surface area contributed by atoms with E-state index in [9.17, 15) is 5.11 Å². The maximum absolute atomic E-state index is 15.2. The molecule has 0 bridgehead atoms. The van der Waals surface area contributed by atoms with Crippen LogP contribution in [-0.2, 0) is 6.42 Å². The van der Waals surface area contributed by atoms with Crippen molar-refractivity contribution in [1.82, 2.24) is 29.7 Å². The summed E-state index contributed by atoms with van der Waals surface area (Å²) in [4.78, 5) is 6.91. The summed E-state index contributed by atoms with van der Waals surface area (Å²) in [5.74, 6) is -0.00423. The number of halogens is 1. The minimum atomic E-state index is -0.327. The Kier molecular flexibility index (Phi) is 5.57. The van der Waals surface area contributed by atoms with Crippen LogP contribution in [0.4, 0.5) is 4.39 Å². The highest BCUT2D eigenvalue weighted by atomic mass is 19.1. The van der Waals surface area contributed by atoms with E-state index in [1.165, 1.54) is 6.07 Å². The third kappa shape index (κ3) is 3.84. The van der Waals surface area contributed by atoms with Gasteiger partial charge < -0.3 is 10.0 Å². The monoisotopic (exact) mass is 434 g/mol. The van der Waals surface area contributed by atoms with Crippen molar-refractivity contribution in [2.45, 2.75) is 39.0 Å². The molecule has 0 unspecified atom stereocenters. The summed E-state index contributed by atoms with van der Waals surface area (Å²) in [5.41, 5.74) is 5.03. The van der Waals surface area contributed by atoms with Gasteiger partial charge >= 0.3 is 0 Å². The van der Waals surface area contributed by atoms with Crippen LogP contribution in [0.2, 0.25) is 0 Å². The zero-order chi connectivity index (χ0) is 22.2. The highest BCUT2D eigenvalue weighted by Gasteiger charge is 2.22. The fourth-order valence-electron chi connectivity index (χ4n) is 4.61. The van der Waals surface area contributed by atoms with Crippen LogP contribution < -0.4 is 0 Å². The van der Waals surface area contributed by atoms with Crippen LogP contribution in [0.15, 0.2) is 30.5 Å². The summed E-state index contributed by atoms with van der Waals surface area (Å²) in [6.45, 7) is 7.22. The van der Waals surface area contributed by atoms with Crippen LogP contribution >= 0.6 is 0 Å².